The van der Waals surface area contributed by atoms with Gasteiger partial charge in [-0.15, -0.1) is 0 Å². The molecule has 7 heteroatoms. The van der Waals surface area contributed by atoms with E-state index in [-0.39, 0.29) is 37.0 Å². The topological polar surface area (TPSA) is 80.8 Å². The molecule has 0 aromatic carbocycles. The smallest absolute Gasteiger partial charge is 0.307 e. The van der Waals surface area contributed by atoms with Crippen LogP contribution in [0.5, 0.6) is 0 Å². The number of hydrogen-bond acceptors (Lipinski definition) is 5. The van der Waals surface area contributed by atoms with Gasteiger partial charge in [-0.25, -0.2) is 8.42 Å². The van der Waals surface area contributed by atoms with Gasteiger partial charge >= 0.3 is 5.97 Å². The van der Waals surface area contributed by atoms with E-state index in [1.807, 2.05) is 0 Å². The van der Waals surface area contributed by atoms with Crippen LogP contribution >= 0.6 is 0 Å². The van der Waals surface area contributed by atoms with E-state index in [1.165, 1.54) is 12.0 Å². The van der Waals surface area contributed by atoms with Crippen LogP contribution in [0.15, 0.2) is 0 Å². The van der Waals surface area contributed by atoms with Crippen molar-refractivity contribution in [2.24, 2.45) is 0 Å². The van der Waals surface area contributed by atoms with Crippen LogP contribution in [0.2, 0.25) is 0 Å². The largest absolute Gasteiger partial charge is 0.469 e. The van der Waals surface area contributed by atoms with Crippen molar-refractivity contribution >= 4 is 21.7 Å². The average Bonchev–Trinajstić information content (AvgIpc) is 2.25. The van der Waals surface area contributed by atoms with Gasteiger partial charge in [-0.2, -0.15) is 0 Å². The van der Waals surface area contributed by atoms with E-state index in [0.29, 0.717) is 6.54 Å². The zero-order chi connectivity index (χ0) is 13.5. The Bertz CT molecular complexity index is 363. The van der Waals surface area contributed by atoms with Crippen LogP contribution in [-0.4, -0.2) is 57.4 Å². The van der Waals surface area contributed by atoms with Gasteiger partial charge in [0.1, 0.15) is 9.84 Å². The van der Waals surface area contributed by atoms with Crippen LogP contribution in [0.3, 0.4) is 0 Å². The van der Waals surface area contributed by atoms with Crippen molar-refractivity contribution in [3.05, 3.63) is 0 Å². The minimum Gasteiger partial charge on any atom is -0.469 e. The highest BCUT2D eigenvalue weighted by molar-refractivity contribution is 7.90. The summed E-state index contributed by atoms with van der Waals surface area (Å²) in [6.45, 7) is 2.47. The highest BCUT2D eigenvalue weighted by Crippen LogP contribution is 1.99. The Hall–Kier alpha value is -1.11. The van der Waals surface area contributed by atoms with E-state index in [9.17, 15) is 18.0 Å². The molecule has 0 radical (unpaired) electrons. The summed E-state index contributed by atoms with van der Waals surface area (Å²) in [5.41, 5.74) is 0. The standard InChI is InChI=1S/C10H19NO5S/c1-4-11(7-5-10(13)16-2)9(12)6-8-17(3,14)15/h4-8H2,1-3H3. The Morgan fingerprint density at radius 3 is 2.24 bits per heavy atom. The molecule has 0 fully saturated rings. The molecule has 1 amide bonds. The van der Waals surface area contributed by atoms with Crippen molar-refractivity contribution in [2.45, 2.75) is 19.8 Å². The van der Waals surface area contributed by atoms with Crippen LogP contribution in [0.25, 0.3) is 0 Å². The molecule has 0 atom stereocenters. The molecule has 0 saturated heterocycles. The van der Waals surface area contributed by atoms with Crippen LogP contribution < -0.4 is 0 Å². The second kappa shape index (κ2) is 7.26. The summed E-state index contributed by atoms with van der Waals surface area (Å²) in [5, 5.41) is 0. The molecule has 0 heterocycles. The number of rotatable bonds is 7. The molecule has 0 spiro atoms. The predicted molar refractivity (Wildman–Crippen MR) is 63.2 cm³/mol. The summed E-state index contributed by atoms with van der Waals surface area (Å²) in [6, 6.07) is 0. The number of methoxy groups -OCH3 is 1. The van der Waals surface area contributed by atoms with Gasteiger partial charge < -0.3 is 9.64 Å². The minimum atomic E-state index is -3.14. The normalized spacial score (nSPS) is 11.0. The number of amides is 1. The summed E-state index contributed by atoms with van der Waals surface area (Å²) >= 11 is 0. The molecule has 0 bridgehead atoms. The van der Waals surface area contributed by atoms with Gasteiger partial charge in [-0.05, 0) is 6.92 Å². The van der Waals surface area contributed by atoms with Crippen molar-refractivity contribution in [1.29, 1.82) is 0 Å². The molecule has 0 aliphatic rings. The van der Waals surface area contributed by atoms with E-state index >= 15 is 0 Å². The molecule has 17 heavy (non-hydrogen) atoms. The number of nitrogens with zero attached hydrogens (tertiary/aromatic N) is 1. The summed E-state index contributed by atoms with van der Waals surface area (Å²) in [5.74, 6) is -0.818. The Labute approximate surface area is 102 Å². The molecule has 0 unspecified atom stereocenters. The third-order valence-electron chi connectivity index (χ3n) is 2.23. The number of ether oxygens (including phenoxy) is 1. The van der Waals surface area contributed by atoms with Crippen molar-refractivity contribution < 1.29 is 22.7 Å². The first-order chi connectivity index (χ1) is 7.80. The van der Waals surface area contributed by atoms with Gasteiger partial charge in [0.2, 0.25) is 5.91 Å². The van der Waals surface area contributed by atoms with Crippen molar-refractivity contribution in [3.8, 4) is 0 Å². The molecular formula is C10H19NO5S. The third-order valence-corrected chi connectivity index (χ3v) is 3.18. The van der Waals surface area contributed by atoms with Gasteiger partial charge in [0, 0.05) is 25.8 Å². The number of esters is 1. The Balaban J connectivity index is 4.17. The van der Waals surface area contributed by atoms with Crippen LogP contribution in [-0.2, 0) is 24.2 Å². The fraction of sp³-hybridized carbons (Fsp3) is 0.800. The minimum absolute atomic E-state index is 0.0478. The highest BCUT2D eigenvalue weighted by Gasteiger charge is 2.15. The first kappa shape index (κ1) is 15.9. The van der Waals surface area contributed by atoms with Gasteiger partial charge in [-0.3, -0.25) is 9.59 Å². The first-order valence-corrected chi connectivity index (χ1v) is 7.38. The monoisotopic (exact) mass is 265 g/mol. The van der Waals surface area contributed by atoms with Crippen LogP contribution in [0, 0.1) is 0 Å². The summed E-state index contributed by atoms with van der Waals surface area (Å²) < 4.78 is 26.3. The van der Waals surface area contributed by atoms with Crippen LogP contribution in [0.1, 0.15) is 19.8 Å². The van der Waals surface area contributed by atoms with Crippen LogP contribution in [0.4, 0.5) is 0 Å². The SMILES string of the molecule is CCN(CCC(=O)OC)C(=O)CCS(C)(=O)=O. The molecule has 6 nitrogen and oxygen atoms in total. The van der Waals surface area contributed by atoms with Crippen molar-refractivity contribution in [1.82, 2.24) is 4.90 Å². The molecular weight excluding hydrogens is 246 g/mol. The van der Waals surface area contributed by atoms with E-state index in [0.717, 1.165) is 6.26 Å². The van der Waals surface area contributed by atoms with E-state index in [1.54, 1.807) is 6.92 Å². The second-order valence-corrected chi connectivity index (χ2v) is 5.94. The quantitative estimate of drug-likeness (QED) is 0.597. The molecule has 0 aromatic rings. The number of carbonyl (C=O) groups is 2. The second-order valence-electron chi connectivity index (χ2n) is 3.68. The molecule has 0 rings (SSSR count). The van der Waals surface area contributed by atoms with Gasteiger partial charge in [0.05, 0.1) is 19.3 Å². The van der Waals surface area contributed by atoms with E-state index in [2.05, 4.69) is 4.74 Å². The molecule has 0 N–H and O–H groups in total. The highest BCUT2D eigenvalue weighted by atomic mass is 32.2. The lowest BCUT2D eigenvalue weighted by Crippen LogP contribution is -2.34. The lowest BCUT2D eigenvalue weighted by Gasteiger charge is -2.20. The van der Waals surface area contributed by atoms with Crippen molar-refractivity contribution in [3.63, 3.8) is 0 Å². The zero-order valence-corrected chi connectivity index (χ0v) is 11.2. The van der Waals surface area contributed by atoms with E-state index < -0.39 is 9.84 Å². The third kappa shape index (κ3) is 7.73. The lowest BCUT2D eigenvalue weighted by molar-refractivity contribution is -0.141. The number of sulfone groups is 1. The fourth-order valence-corrected chi connectivity index (χ4v) is 1.76. The average molecular weight is 265 g/mol. The van der Waals surface area contributed by atoms with Gasteiger partial charge in [-0.1, -0.05) is 0 Å². The lowest BCUT2D eigenvalue weighted by atomic mass is 10.3. The van der Waals surface area contributed by atoms with Gasteiger partial charge in [0.25, 0.3) is 0 Å². The summed E-state index contributed by atoms with van der Waals surface area (Å²) in [4.78, 5) is 24.0. The summed E-state index contributed by atoms with van der Waals surface area (Å²) in [7, 11) is -1.85. The zero-order valence-electron chi connectivity index (χ0n) is 10.4. The van der Waals surface area contributed by atoms with Gasteiger partial charge in [0.15, 0.2) is 0 Å². The predicted octanol–water partition coefficient (Wildman–Crippen LogP) is -0.167. The first-order valence-electron chi connectivity index (χ1n) is 5.32. The molecule has 0 saturated carbocycles. The molecule has 100 valence electrons. The van der Waals surface area contributed by atoms with E-state index in [4.69, 9.17) is 0 Å². The fourth-order valence-electron chi connectivity index (χ4n) is 1.22. The summed E-state index contributed by atoms with van der Waals surface area (Å²) in [6.07, 6.45) is 1.16. The Morgan fingerprint density at radius 2 is 1.82 bits per heavy atom. The number of carbonyl (C=O) groups excluding carboxylic acids is 2. The maximum absolute atomic E-state index is 11.6. The Kier molecular flexibility index (Phi) is 6.79. The maximum Gasteiger partial charge on any atom is 0.307 e. The molecule has 0 aliphatic heterocycles. The number of hydrogen-bond donors (Lipinski definition) is 0. The molecule has 0 aliphatic carbocycles. The van der Waals surface area contributed by atoms with Crippen molar-refractivity contribution in [2.75, 3.05) is 32.2 Å². The maximum atomic E-state index is 11.6. The molecule has 0 aromatic heterocycles. The Morgan fingerprint density at radius 1 is 1.24 bits per heavy atom.